The second-order valence-electron chi connectivity index (χ2n) is 4.01. The number of amides is 1. The number of anilines is 1. The van der Waals surface area contributed by atoms with E-state index in [0.717, 1.165) is 15.9 Å². The Morgan fingerprint density at radius 1 is 1.26 bits per heavy atom. The zero-order valence-electron chi connectivity index (χ0n) is 10.6. The molecule has 2 rings (SSSR count). The van der Waals surface area contributed by atoms with E-state index in [1.165, 1.54) is 4.88 Å². The maximum atomic E-state index is 12.1. The fourth-order valence-electron chi connectivity index (χ4n) is 1.78. The van der Waals surface area contributed by atoms with Crippen molar-refractivity contribution in [2.75, 3.05) is 18.9 Å². The molecule has 1 amide bonds. The lowest BCUT2D eigenvalue weighted by atomic mass is 10.1. The molecule has 0 spiro atoms. The molecule has 5 heteroatoms. The Morgan fingerprint density at radius 3 is 2.74 bits per heavy atom. The second kappa shape index (κ2) is 6.73. The van der Waals surface area contributed by atoms with Crippen LogP contribution in [0.15, 0.2) is 40.2 Å². The second-order valence-corrected chi connectivity index (χ2v) is 6.55. The molecule has 0 atom stereocenters. The highest BCUT2D eigenvalue weighted by Gasteiger charge is 2.09. The first-order valence-corrected chi connectivity index (χ1v) is 7.61. The number of para-hydroxylation sites is 1. The Kier molecular flexibility index (Phi) is 4.99. The summed E-state index contributed by atoms with van der Waals surface area (Å²) in [7, 11) is 1.81. The Hall–Kier alpha value is -1.33. The molecule has 1 heterocycles. The van der Waals surface area contributed by atoms with Crippen LogP contribution in [0.3, 0.4) is 0 Å². The van der Waals surface area contributed by atoms with Crippen molar-refractivity contribution >= 4 is 38.9 Å². The van der Waals surface area contributed by atoms with Crippen molar-refractivity contribution in [3.63, 3.8) is 0 Å². The third kappa shape index (κ3) is 3.81. The molecule has 0 aliphatic heterocycles. The first-order chi connectivity index (χ1) is 9.20. The van der Waals surface area contributed by atoms with Gasteiger partial charge in [0.1, 0.15) is 0 Å². The van der Waals surface area contributed by atoms with Crippen LogP contribution in [-0.4, -0.2) is 19.5 Å². The third-order valence-corrected chi connectivity index (χ3v) is 4.41. The first kappa shape index (κ1) is 14.1. The van der Waals surface area contributed by atoms with E-state index in [1.807, 2.05) is 37.4 Å². The number of nitrogens with one attached hydrogen (secondary N) is 2. The summed E-state index contributed by atoms with van der Waals surface area (Å²) in [5.74, 6) is -0.0411. The van der Waals surface area contributed by atoms with E-state index in [2.05, 4.69) is 32.6 Å². The summed E-state index contributed by atoms with van der Waals surface area (Å²) < 4.78 is 1.12. The van der Waals surface area contributed by atoms with Gasteiger partial charge in [0.25, 0.3) is 5.91 Å². The normalized spacial score (nSPS) is 10.2. The Morgan fingerprint density at radius 2 is 2.05 bits per heavy atom. The van der Waals surface area contributed by atoms with Crippen molar-refractivity contribution in [1.82, 2.24) is 5.32 Å². The maximum Gasteiger partial charge on any atom is 0.253 e. The molecule has 0 unspecified atom stereocenters. The fourth-order valence-corrected chi connectivity index (χ4v) is 3.26. The van der Waals surface area contributed by atoms with Crippen molar-refractivity contribution in [2.45, 2.75) is 6.42 Å². The molecule has 0 aliphatic rings. The van der Waals surface area contributed by atoms with Crippen LogP contribution in [0, 0.1) is 0 Å². The maximum absolute atomic E-state index is 12.1. The number of thiophene rings is 1. The van der Waals surface area contributed by atoms with Gasteiger partial charge < -0.3 is 10.6 Å². The molecule has 100 valence electrons. The lowest BCUT2D eigenvalue weighted by Gasteiger charge is -2.09. The van der Waals surface area contributed by atoms with E-state index in [0.29, 0.717) is 12.1 Å². The molecule has 19 heavy (non-hydrogen) atoms. The van der Waals surface area contributed by atoms with Crippen LogP contribution in [0.5, 0.6) is 0 Å². The lowest BCUT2D eigenvalue weighted by molar-refractivity contribution is 0.0955. The van der Waals surface area contributed by atoms with Gasteiger partial charge >= 0.3 is 0 Å². The Labute approximate surface area is 125 Å². The number of carbonyl (C=O) groups excluding carboxylic acids is 1. The van der Waals surface area contributed by atoms with Crippen LogP contribution in [0.25, 0.3) is 0 Å². The molecule has 0 fully saturated rings. The van der Waals surface area contributed by atoms with Gasteiger partial charge in [-0.3, -0.25) is 4.79 Å². The number of hydrogen-bond donors (Lipinski definition) is 2. The molecule has 2 N–H and O–H groups in total. The molecule has 0 saturated carbocycles. The molecular formula is C14H15BrN2OS. The van der Waals surface area contributed by atoms with Gasteiger partial charge in [0, 0.05) is 24.2 Å². The predicted octanol–water partition coefficient (Wildman–Crippen LogP) is 3.52. The highest BCUT2D eigenvalue weighted by atomic mass is 79.9. The van der Waals surface area contributed by atoms with E-state index >= 15 is 0 Å². The molecule has 3 nitrogen and oxygen atoms in total. The van der Waals surface area contributed by atoms with Crippen LogP contribution in [0.1, 0.15) is 15.2 Å². The molecule has 1 aromatic heterocycles. The zero-order chi connectivity index (χ0) is 13.7. The summed E-state index contributed by atoms with van der Waals surface area (Å²) in [6.45, 7) is 0.643. The molecule has 0 saturated heterocycles. The summed E-state index contributed by atoms with van der Waals surface area (Å²) in [5.41, 5.74) is 1.52. The monoisotopic (exact) mass is 338 g/mol. The minimum absolute atomic E-state index is 0.0411. The van der Waals surface area contributed by atoms with Crippen LogP contribution in [-0.2, 0) is 6.42 Å². The largest absolute Gasteiger partial charge is 0.387 e. The number of halogens is 1. The standard InChI is InChI=1S/C14H15BrN2OS/c1-16-12-5-3-2-4-11(12)14(18)17-9-8-10-6-7-13(15)19-10/h2-7,16H,8-9H2,1H3,(H,17,18). The van der Waals surface area contributed by atoms with E-state index in [1.54, 1.807) is 11.3 Å². The highest BCUT2D eigenvalue weighted by molar-refractivity contribution is 9.11. The van der Waals surface area contributed by atoms with Gasteiger partial charge in [0.2, 0.25) is 0 Å². The summed E-state index contributed by atoms with van der Waals surface area (Å²) in [6, 6.07) is 11.6. The van der Waals surface area contributed by atoms with E-state index in [9.17, 15) is 4.79 Å². The van der Waals surface area contributed by atoms with Gasteiger partial charge in [-0.15, -0.1) is 11.3 Å². The van der Waals surface area contributed by atoms with Crippen molar-refractivity contribution in [3.8, 4) is 0 Å². The van der Waals surface area contributed by atoms with Crippen molar-refractivity contribution in [1.29, 1.82) is 0 Å². The molecular weight excluding hydrogens is 324 g/mol. The summed E-state index contributed by atoms with van der Waals surface area (Å²) in [4.78, 5) is 13.3. The average molecular weight is 339 g/mol. The third-order valence-electron chi connectivity index (χ3n) is 2.73. The smallest absolute Gasteiger partial charge is 0.253 e. The van der Waals surface area contributed by atoms with Crippen LogP contribution in [0.2, 0.25) is 0 Å². The first-order valence-electron chi connectivity index (χ1n) is 6.00. The van der Waals surface area contributed by atoms with Gasteiger partial charge in [0.15, 0.2) is 0 Å². The van der Waals surface area contributed by atoms with Gasteiger partial charge in [-0.25, -0.2) is 0 Å². The van der Waals surface area contributed by atoms with Crippen molar-refractivity contribution < 1.29 is 4.79 Å². The molecule has 1 aromatic carbocycles. The minimum atomic E-state index is -0.0411. The van der Waals surface area contributed by atoms with Gasteiger partial charge in [-0.2, -0.15) is 0 Å². The summed E-state index contributed by atoms with van der Waals surface area (Å²) in [6.07, 6.45) is 0.851. The van der Waals surface area contributed by atoms with E-state index < -0.39 is 0 Å². The quantitative estimate of drug-likeness (QED) is 0.875. The number of benzene rings is 1. The Balaban J connectivity index is 1.90. The molecule has 2 aromatic rings. The van der Waals surface area contributed by atoms with E-state index in [-0.39, 0.29) is 5.91 Å². The summed E-state index contributed by atoms with van der Waals surface area (Å²) in [5, 5.41) is 5.97. The SMILES string of the molecule is CNc1ccccc1C(=O)NCCc1ccc(Br)s1. The summed E-state index contributed by atoms with van der Waals surface area (Å²) >= 11 is 5.13. The van der Waals surface area contributed by atoms with Crippen molar-refractivity contribution in [2.24, 2.45) is 0 Å². The zero-order valence-corrected chi connectivity index (χ0v) is 13.0. The number of rotatable bonds is 5. The number of hydrogen-bond acceptors (Lipinski definition) is 3. The number of carbonyl (C=O) groups is 1. The van der Waals surface area contributed by atoms with Crippen LogP contribution >= 0.6 is 27.3 Å². The fraction of sp³-hybridized carbons (Fsp3) is 0.214. The van der Waals surface area contributed by atoms with Gasteiger partial charge in [0.05, 0.1) is 9.35 Å². The lowest BCUT2D eigenvalue weighted by Crippen LogP contribution is -2.26. The highest BCUT2D eigenvalue weighted by Crippen LogP contribution is 2.22. The molecule has 0 radical (unpaired) electrons. The topological polar surface area (TPSA) is 41.1 Å². The molecule has 0 aliphatic carbocycles. The van der Waals surface area contributed by atoms with Crippen molar-refractivity contribution in [3.05, 3.63) is 50.6 Å². The van der Waals surface area contributed by atoms with Gasteiger partial charge in [-0.1, -0.05) is 12.1 Å². The van der Waals surface area contributed by atoms with Gasteiger partial charge in [-0.05, 0) is 46.6 Å². The average Bonchev–Trinajstić information content (AvgIpc) is 2.84. The van der Waals surface area contributed by atoms with E-state index in [4.69, 9.17) is 0 Å². The Bertz CT molecular complexity index is 568. The van der Waals surface area contributed by atoms with Crippen LogP contribution in [0.4, 0.5) is 5.69 Å². The predicted molar refractivity (Wildman–Crippen MR) is 84.0 cm³/mol. The minimum Gasteiger partial charge on any atom is -0.387 e. The van der Waals surface area contributed by atoms with Crippen LogP contribution < -0.4 is 10.6 Å². The molecule has 0 bridgehead atoms.